The van der Waals surface area contributed by atoms with E-state index in [0.29, 0.717) is 6.54 Å². The summed E-state index contributed by atoms with van der Waals surface area (Å²) in [5.41, 5.74) is 1.14. The van der Waals surface area contributed by atoms with Gasteiger partial charge in [-0.2, -0.15) is 0 Å². The molecule has 112 valence electrons. The van der Waals surface area contributed by atoms with Crippen molar-refractivity contribution in [3.63, 3.8) is 0 Å². The number of benzene rings is 1. The van der Waals surface area contributed by atoms with Gasteiger partial charge in [0, 0.05) is 6.54 Å². The number of carbonyl (C=O) groups excluding carboxylic acids is 1. The van der Waals surface area contributed by atoms with Crippen LogP contribution in [-0.4, -0.2) is 51.8 Å². The molecule has 0 aliphatic rings. The molecule has 0 saturated heterocycles. The predicted octanol–water partition coefficient (Wildman–Crippen LogP) is 1.74. The molecule has 0 fully saturated rings. The standard InChI is InChI=1S/C15H23NO4/c1-5-16(11-15(17)20-4)9-8-12-6-7-13(18-2)14(10-12)19-3/h6-7,10H,5,8-9,11H2,1-4H3. The zero-order chi connectivity index (χ0) is 15.0. The zero-order valence-corrected chi connectivity index (χ0v) is 12.6. The molecule has 20 heavy (non-hydrogen) atoms. The van der Waals surface area contributed by atoms with Gasteiger partial charge in [-0.1, -0.05) is 13.0 Å². The number of methoxy groups -OCH3 is 3. The average Bonchev–Trinajstić information content (AvgIpc) is 2.50. The topological polar surface area (TPSA) is 48.0 Å². The van der Waals surface area contributed by atoms with Crippen molar-refractivity contribution in [1.29, 1.82) is 0 Å². The number of likely N-dealkylation sites (N-methyl/N-ethyl adjacent to an activating group) is 1. The lowest BCUT2D eigenvalue weighted by Crippen LogP contribution is -2.32. The maximum atomic E-state index is 11.3. The monoisotopic (exact) mass is 281 g/mol. The first kappa shape index (κ1) is 16.3. The van der Waals surface area contributed by atoms with Crippen molar-refractivity contribution in [1.82, 2.24) is 4.90 Å². The minimum Gasteiger partial charge on any atom is -0.493 e. The normalized spacial score (nSPS) is 10.4. The first-order valence-electron chi connectivity index (χ1n) is 6.64. The fourth-order valence-corrected chi connectivity index (χ4v) is 1.92. The fraction of sp³-hybridized carbons (Fsp3) is 0.533. The van der Waals surface area contributed by atoms with Gasteiger partial charge in [0.1, 0.15) is 0 Å². The summed E-state index contributed by atoms with van der Waals surface area (Å²) in [5.74, 6) is 1.23. The van der Waals surface area contributed by atoms with Crippen LogP contribution in [0.1, 0.15) is 12.5 Å². The van der Waals surface area contributed by atoms with E-state index >= 15 is 0 Å². The molecular formula is C15H23NO4. The summed E-state index contributed by atoms with van der Waals surface area (Å²) in [6, 6.07) is 5.86. The lowest BCUT2D eigenvalue weighted by Gasteiger charge is -2.19. The maximum absolute atomic E-state index is 11.3. The summed E-state index contributed by atoms with van der Waals surface area (Å²) < 4.78 is 15.2. The molecule has 0 aliphatic heterocycles. The van der Waals surface area contributed by atoms with E-state index < -0.39 is 0 Å². The molecule has 0 amide bonds. The highest BCUT2D eigenvalue weighted by atomic mass is 16.5. The molecule has 0 N–H and O–H groups in total. The Labute approximate surface area is 120 Å². The molecular weight excluding hydrogens is 258 g/mol. The molecule has 0 radical (unpaired) electrons. The number of hydrogen-bond donors (Lipinski definition) is 0. The summed E-state index contributed by atoms with van der Waals surface area (Å²) in [5, 5.41) is 0. The van der Waals surface area contributed by atoms with Crippen LogP contribution >= 0.6 is 0 Å². The van der Waals surface area contributed by atoms with Crippen molar-refractivity contribution < 1.29 is 19.0 Å². The van der Waals surface area contributed by atoms with Crippen LogP contribution in [0.5, 0.6) is 11.5 Å². The number of rotatable bonds is 8. The van der Waals surface area contributed by atoms with E-state index in [9.17, 15) is 4.79 Å². The van der Waals surface area contributed by atoms with Crippen molar-refractivity contribution in [3.05, 3.63) is 23.8 Å². The molecule has 0 heterocycles. The third-order valence-corrected chi connectivity index (χ3v) is 3.19. The van der Waals surface area contributed by atoms with Crippen LogP contribution in [0.2, 0.25) is 0 Å². The minimum atomic E-state index is -0.209. The molecule has 1 rings (SSSR count). The molecule has 0 unspecified atom stereocenters. The third kappa shape index (κ3) is 4.74. The van der Waals surface area contributed by atoms with Gasteiger partial charge in [0.2, 0.25) is 0 Å². The van der Waals surface area contributed by atoms with Crippen molar-refractivity contribution in [2.24, 2.45) is 0 Å². The Morgan fingerprint density at radius 1 is 1.15 bits per heavy atom. The Balaban J connectivity index is 2.61. The molecule has 0 spiro atoms. The van der Waals surface area contributed by atoms with Gasteiger partial charge >= 0.3 is 5.97 Å². The van der Waals surface area contributed by atoms with Crippen molar-refractivity contribution in [3.8, 4) is 11.5 Å². The smallest absolute Gasteiger partial charge is 0.319 e. The van der Waals surface area contributed by atoms with Gasteiger partial charge in [-0.05, 0) is 30.7 Å². The second kappa shape index (κ2) is 8.43. The third-order valence-electron chi connectivity index (χ3n) is 3.19. The van der Waals surface area contributed by atoms with E-state index in [1.807, 2.05) is 30.0 Å². The molecule has 0 atom stereocenters. The van der Waals surface area contributed by atoms with E-state index in [0.717, 1.165) is 36.6 Å². The van der Waals surface area contributed by atoms with Crippen LogP contribution in [0.15, 0.2) is 18.2 Å². The van der Waals surface area contributed by atoms with Gasteiger partial charge in [-0.15, -0.1) is 0 Å². The van der Waals surface area contributed by atoms with Gasteiger partial charge in [-0.25, -0.2) is 0 Å². The maximum Gasteiger partial charge on any atom is 0.319 e. The van der Waals surface area contributed by atoms with Crippen LogP contribution in [-0.2, 0) is 16.0 Å². The molecule has 0 bridgehead atoms. The summed E-state index contributed by atoms with van der Waals surface area (Å²) in [4.78, 5) is 13.3. The van der Waals surface area contributed by atoms with Crippen molar-refractivity contribution in [2.75, 3.05) is 41.0 Å². The van der Waals surface area contributed by atoms with Gasteiger partial charge in [0.05, 0.1) is 27.9 Å². The lowest BCUT2D eigenvalue weighted by molar-refractivity contribution is -0.141. The minimum absolute atomic E-state index is 0.209. The van der Waals surface area contributed by atoms with Gasteiger partial charge in [-0.3, -0.25) is 9.69 Å². The lowest BCUT2D eigenvalue weighted by atomic mass is 10.1. The highest BCUT2D eigenvalue weighted by Crippen LogP contribution is 2.27. The van der Waals surface area contributed by atoms with E-state index in [1.165, 1.54) is 7.11 Å². The summed E-state index contributed by atoms with van der Waals surface area (Å²) in [7, 11) is 4.65. The van der Waals surface area contributed by atoms with E-state index in [4.69, 9.17) is 9.47 Å². The first-order valence-corrected chi connectivity index (χ1v) is 6.64. The zero-order valence-electron chi connectivity index (χ0n) is 12.6. The highest BCUT2D eigenvalue weighted by Gasteiger charge is 2.10. The van der Waals surface area contributed by atoms with Crippen LogP contribution in [0.25, 0.3) is 0 Å². The van der Waals surface area contributed by atoms with Crippen molar-refractivity contribution in [2.45, 2.75) is 13.3 Å². The van der Waals surface area contributed by atoms with Gasteiger partial charge in [0.25, 0.3) is 0 Å². The Morgan fingerprint density at radius 2 is 1.85 bits per heavy atom. The largest absolute Gasteiger partial charge is 0.493 e. The molecule has 0 saturated carbocycles. The second-order valence-electron chi connectivity index (χ2n) is 4.38. The molecule has 0 aliphatic carbocycles. The predicted molar refractivity (Wildman–Crippen MR) is 77.4 cm³/mol. The van der Waals surface area contributed by atoms with Crippen LogP contribution in [0.4, 0.5) is 0 Å². The SMILES string of the molecule is CCN(CCc1ccc(OC)c(OC)c1)CC(=O)OC. The number of nitrogens with zero attached hydrogens (tertiary/aromatic N) is 1. The molecule has 5 nitrogen and oxygen atoms in total. The number of esters is 1. The molecule has 0 aromatic heterocycles. The molecule has 1 aromatic carbocycles. The summed E-state index contributed by atoms with van der Waals surface area (Å²) in [6.45, 7) is 3.95. The fourth-order valence-electron chi connectivity index (χ4n) is 1.92. The van der Waals surface area contributed by atoms with Crippen LogP contribution in [0.3, 0.4) is 0 Å². The van der Waals surface area contributed by atoms with Crippen molar-refractivity contribution >= 4 is 5.97 Å². The number of hydrogen-bond acceptors (Lipinski definition) is 5. The second-order valence-corrected chi connectivity index (χ2v) is 4.38. The van der Waals surface area contributed by atoms with Crippen LogP contribution in [0, 0.1) is 0 Å². The number of carbonyl (C=O) groups is 1. The Morgan fingerprint density at radius 3 is 2.40 bits per heavy atom. The van der Waals surface area contributed by atoms with E-state index in [-0.39, 0.29) is 5.97 Å². The Hall–Kier alpha value is -1.75. The highest BCUT2D eigenvalue weighted by molar-refractivity contribution is 5.71. The van der Waals surface area contributed by atoms with Crippen LogP contribution < -0.4 is 9.47 Å². The average molecular weight is 281 g/mol. The Bertz CT molecular complexity index is 434. The summed E-state index contributed by atoms with van der Waals surface area (Å²) in [6.07, 6.45) is 0.838. The Kier molecular flexibility index (Phi) is 6.87. The van der Waals surface area contributed by atoms with E-state index in [2.05, 4.69) is 4.74 Å². The number of ether oxygens (including phenoxy) is 3. The van der Waals surface area contributed by atoms with Gasteiger partial charge < -0.3 is 14.2 Å². The van der Waals surface area contributed by atoms with Gasteiger partial charge in [0.15, 0.2) is 11.5 Å². The van der Waals surface area contributed by atoms with E-state index in [1.54, 1.807) is 14.2 Å². The molecule has 1 aromatic rings. The quantitative estimate of drug-likeness (QED) is 0.679. The molecule has 5 heteroatoms. The first-order chi connectivity index (χ1) is 9.64. The summed E-state index contributed by atoms with van der Waals surface area (Å²) >= 11 is 0.